The molecule has 0 fully saturated rings. The lowest BCUT2D eigenvalue weighted by atomic mass is 10.1. The Morgan fingerprint density at radius 1 is 1.28 bits per heavy atom. The van der Waals surface area contributed by atoms with E-state index in [4.69, 9.17) is 10.2 Å². The maximum atomic E-state index is 12.3. The van der Waals surface area contributed by atoms with Gasteiger partial charge in [-0.1, -0.05) is 12.1 Å². The van der Waals surface area contributed by atoms with Crippen molar-refractivity contribution in [2.24, 2.45) is 0 Å². The van der Waals surface area contributed by atoms with Crippen molar-refractivity contribution in [3.05, 3.63) is 29.8 Å². The van der Waals surface area contributed by atoms with Crippen molar-refractivity contribution >= 4 is 5.91 Å². The lowest BCUT2D eigenvalue weighted by molar-refractivity contribution is -0.133. The minimum atomic E-state index is -2.62. The zero-order valence-corrected chi connectivity index (χ0v) is 9.72. The normalized spacial score (nSPS) is 10.7. The Hall–Kier alpha value is -1.69. The molecule has 0 aliphatic carbocycles. The quantitative estimate of drug-likeness (QED) is 0.802. The molecule has 0 heterocycles. The summed E-state index contributed by atoms with van der Waals surface area (Å²) in [5.74, 6) is -0.402. The van der Waals surface area contributed by atoms with E-state index in [9.17, 15) is 13.6 Å². The molecule has 1 amide bonds. The molecule has 0 saturated carbocycles. The predicted octanol–water partition coefficient (Wildman–Crippen LogP) is 1.02. The zero-order valence-electron chi connectivity index (χ0n) is 9.72. The molecule has 0 spiro atoms. The van der Waals surface area contributed by atoms with Crippen molar-refractivity contribution in [2.75, 3.05) is 19.7 Å². The third-order valence-electron chi connectivity index (χ3n) is 2.37. The molecule has 4 nitrogen and oxygen atoms in total. The monoisotopic (exact) mass is 259 g/mol. The number of benzene rings is 1. The second-order valence-electron chi connectivity index (χ2n) is 3.80. The molecule has 0 bridgehead atoms. The molecule has 0 aromatic heterocycles. The number of amides is 1. The first-order valence-electron chi connectivity index (χ1n) is 5.47. The first-order valence-corrected chi connectivity index (χ1v) is 5.47. The van der Waals surface area contributed by atoms with Crippen LogP contribution in [0.4, 0.5) is 8.78 Å². The van der Waals surface area contributed by atoms with Gasteiger partial charge in [-0.15, -0.1) is 0 Å². The van der Waals surface area contributed by atoms with E-state index in [2.05, 4.69) is 0 Å². The number of phenols is 1. The Kier molecular flexibility index (Phi) is 5.51. The second kappa shape index (κ2) is 6.90. The third-order valence-corrected chi connectivity index (χ3v) is 2.37. The minimum absolute atomic E-state index is 0.0347. The number of nitrogens with zero attached hydrogens (tertiary/aromatic N) is 1. The Balaban J connectivity index is 2.63. The topological polar surface area (TPSA) is 60.8 Å². The summed E-state index contributed by atoms with van der Waals surface area (Å²) < 4.78 is 24.5. The van der Waals surface area contributed by atoms with Crippen LogP contribution in [-0.4, -0.2) is 47.1 Å². The summed E-state index contributed by atoms with van der Waals surface area (Å²) in [5, 5.41) is 17.8. The van der Waals surface area contributed by atoms with Crippen LogP contribution in [0.25, 0.3) is 0 Å². The van der Waals surface area contributed by atoms with Crippen LogP contribution in [0.3, 0.4) is 0 Å². The maximum absolute atomic E-state index is 12.3. The Labute approximate surface area is 103 Å². The van der Waals surface area contributed by atoms with E-state index < -0.39 is 18.9 Å². The van der Waals surface area contributed by atoms with Gasteiger partial charge in [0.1, 0.15) is 5.75 Å². The molecule has 18 heavy (non-hydrogen) atoms. The van der Waals surface area contributed by atoms with E-state index in [1.807, 2.05) is 0 Å². The number of hydrogen-bond donors (Lipinski definition) is 2. The Morgan fingerprint density at radius 2 is 1.89 bits per heavy atom. The van der Waals surface area contributed by atoms with Crippen molar-refractivity contribution in [3.63, 3.8) is 0 Å². The third kappa shape index (κ3) is 4.67. The van der Waals surface area contributed by atoms with E-state index in [1.54, 1.807) is 12.1 Å². The molecule has 0 saturated heterocycles. The fourth-order valence-electron chi connectivity index (χ4n) is 1.51. The summed E-state index contributed by atoms with van der Waals surface area (Å²) in [6.45, 7) is -1.15. The van der Waals surface area contributed by atoms with Crippen LogP contribution in [0.15, 0.2) is 24.3 Å². The number of aromatic hydroxyl groups is 1. The van der Waals surface area contributed by atoms with E-state index >= 15 is 0 Å². The van der Waals surface area contributed by atoms with E-state index in [-0.39, 0.29) is 25.3 Å². The minimum Gasteiger partial charge on any atom is -0.508 e. The standard InChI is InChI=1S/C12H15F2NO3/c13-11(14)8-15(5-6-16)12(18)7-9-1-3-10(17)4-2-9/h1-4,11,16-17H,5-8H2. The van der Waals surface area contributed by atoms with Crippen molar-refractivity contribution in [2.45, 2.75) is 12.8 Å². The summed E-state index contributed by atoms with van der Waals surface area (Å²) in [7, 11) is 0. The van der Waals surface area contributed by atoms with Gasteiger partial charge in [0.15, 0.2) is 0 Å². The van der Waals surface area contributed by atoms with E-state index in [0.29, 0.717) is 5.56 Å². The number of halogens is 2. The number of rotatable bonds is 6. The number of carbonyl (C=O) groups is 1. The molecule has 0 radical (unpaired) electrons. The fourth-order valence-corrected chi connectivity index (χ4v) is 1.51. The van der Waals surface area contributed by atoms with Gasteiger partial charge in [0.2, 0.25) is 5.91 Å². The largest absolute Gasteiger partial charge is 0.508 e. The maximum Gasteiger partial charge on any atom is 0.255 e. The predicted molar refractivity (Wildman–Crippen MR) is 61.5 cm³/mol. The molecule has 1 aromatic carbocycles. The summed E-state index contributed by atoms with van der Waals surface area (Å²) in [4.78, 5) is 12.7. The summed E-state index contributed by atoms with van der Waals surface area (Å²) in [6.07, 6.45) is -2.66. The van der Waals surface area contributed by atoms with Crippen molar-refractivity contribution in [1.82, 2.24) is 4.90 Å². The van der Waals surface area contributed by atoms with Crippen LogP contribution in [0, 0.1) is 0 Å². The average Bonchev–Trinajstić information content (AvgIpc) is 2.31. The van der Waals surface area contributed by atoms with Crippen molar-refractivity contribution < 1.29 is 23.8 Å². The molecule has 0 aliphatic heterocycles. The van der Waals surface area contributed by atoms with Gasteiger partial charge in [-0.3, -0.25) is 4.79 Å². The molecule has 0 aliphatic rings. The van der Waals surface area contributed by atoms with Gasteiger partial charge in [-0.25, -0.2) is 8.78 Å². The second-order valence-corrected chi connectivity index (χ2v) is 3.80. The first kappa shape index (κ1) is 14.4. The van der Waals surface area contributed by atoms with Gasteiger partial charge in [-0.2, -0.15) is 0 Å². The van der Waals surface area contributed by atoms with E-state index in [1.165, 1.54) is 12.1 Å². The number of alkyl halides is 2. The molecule has 1 rings (SSSR count). The highest BCUT2D eigenvalue weighted by atomic mass is 19.3. The Bertz CT molecular complexity index is 381. The molecule has 2 N–H and O–H groups in total. The molecule has 1 aromatic rings. The molecule has 0 unspecified atom stereocenters. The van der Waals surface area contributed by atoms with Crippen molar-refractivity contribution in [1.29, 1.82) is 0 Å². The van der Waals surface area contributed by atoms with Gasteiger partial charge in [0.05, 0.1) is 19.6 Å². The SMILES string of the molecule is O=C(Cc1ccc(O)cc1)N(CCO)CC(F)F. The van der Waals surface area contributed by atoms with Crippen LogP contribution < -0.4 is 0 Å². The van der Waals surface area contributed by atoms with Gasteiger partial charge in [0.25, 0.3) is 6.43 Å². The van der Waals surface area contributed by atoms with Crippen LogP contribution in [0.2, 0.25) is 0 Å². The number of aliphatic hydroxyl groups is 1. The van der Waals surface area contributed by atoms with Crippen LogP contribution >= 0.6 is 0 Å². The zero-order chi connectivity index (χ0) is 13.5. The molecule has 0 atom stereocenters. The summed E-state index contributed by atoms with van der Waals surface area (Å²) >= 11 is 0. The van der Waals surface area contributed by atoms with Crippen LogP contribution in [-0.2, 0) is 11.2 Å². The smallest absolute Gasteiger partial charge is 0.255 e. The van der Waals surface area contributed by atoms with Crippen LogP contribution in [0.1, 0.15) is 5.56 Å². The van der Waals surface area contributed by atoms with E-state index in [0.717, 1.165) is 4.90 Å². The van der Waals surface area contributed by atoms with Gasteiger partial charge in [-0.05, 0) is 17.7 Å². The number of carbonyl (C=O) groups excluding carboxylic acids is 1. The lowest BCUT2D eigenvalue weighted by Crippen LogP contribution is -2.38. The molecular formula is C12H15F2NO3. The molecule has 6 heteroatoms. The highest BCUT2D eigenvalue weighted by Gasteiger charge is 2.17. The lowest BCUT2D eigenvalue weighted by Gasteiger charge is -2.21. The highest BCUT2D eigenvalue weighted by molar-refractivity contribution is 5.78. The highest BCUT2D eigenvalue weighted by Crippen LogP contribution is 2.11. The fraction of sp³-hybridized carbons (Fsp3) is 0.417. The van der Waals surface area contributed by atoms with Gasteiger partial charge in [0, 0.05) is 6.54 Å². The Morgan fingerprint density at radius 3 is 2.39 bits per heavy atom. The summed E-state index contributed by atoms with van der Waals surface area (Å²) in [5.41, 5.74) is 0.620. The molecular weight excluding hydrogens is 244 g/mol. The van der Waals surface area contributed by atoms with Crippen molar-refractivity contribution in [3.8, 4) is 5.75 Å². The van der Waals surface area contributed by atoms with Gasteiger partial charge >= 0.3 is 0 Å². The van der Waals surface area contributed by atoms with Crippen LogP contribution in [0.5, 0.6) is 5.75 Å². The number of phenolic OH excluding ortho intramolecular Hbond substituents is 1. The molecule has 100 valence electrons. The number of hydrogen-bond acceptors (Lipinski definition) is 3. The summed E-state index contributed by atoms with van der Waals surface area (Å²) in [6, 6.07) is 5.94. The average molecular weight is 259 g/mol. The number of aliphatic hydroxyl groups excluding tert-OH is 1. The first-order chi connectivity index (χ1) is 8.52. The van der Waals surface area contributed by atoms with Gasteiger partial charge < -0.3 is 15.1 Å².